The second-order valence-electron chi connectivity index (χ2n) is 7.01. The zero-order chi connectivity index (χ0) is 21.2. The van der Waals surface area contributed by atoms with Crippen LogP contribution < -0.4 is 4.74 Å². The van der Waals surface area contributed by atoms with Crippen LogP contribution in [0.5, 0.6) is 5.88 Å². The Hall–Kier alpha value is -3.71. The summed E-state index contributed by atoms with van der Waals surface area (Å²) in [5.41, 5.74) is 2.43. The van der Waals surface area contributed by atoms with Crippen molar-refractivity contribution in [3.05, 3.63) is 89.6 Å². The number of fused-ring (bicyclic) bond motifs is 1. The lowest BCUT2D eigenvalue weighted by molar-refractivity contribution is -0.135. The van der Waals surface area contributed by atoms with Crippen molar-refractivity contribution in [3.63, 3.8) is 0 Å². The van der Waals surface area contributed by atoms with Crippen molar-refractivity contribution in [2.75, 3.05) is 6.61 Å². The maximum absolute atomic E-state index is 13.1. The molecule has 0 saturated heterocycles. The fraction of sp³-hybridized carbons (Fsp3) is 0.130. The van der Waals surface area contributed by atoms with Crippen LogP contribution in [-0.4, -0.2) is 33.2 Å². The Kier molecular flexibility index (Phi) is 5.09. The zero-order valence-electron chi connectivity index (χ0n) is 16.3. The molecule has 0 aliphatic carbocycles. The van der Waals surface area contributed by atoms with Crippen LogP contribution in [0.15, 0.2) is 82.8 Å². The van der Waals surface area contributed by atoms with Crippen LogP contribution >= 0.6 is 11.6 Å². The summed E-state index contributed by atoms with van der Waals surface area (Å²) in [6, 6.07) is 18.1. The minimum atomic E-state index is -0.348. The predicted octanol–water partition coefficient (Wildman–Crippen LogP) is 4.63. The van der Waals surface area contributed by atoms with Gasteiger partial charge in [0.1, 0.15) is 18.1 Å². The molecule has 8 heteroatoms. The molecular formula is C23H17ClN4O3. The third kappa shape index (κ3) is 3.87. The molecule has 3 heterocycles. The largest absolute Gasteiger partial charge is 0.467 e. The molecule has 2 aromatic carbocycles. The van der Waals surface area contributed by atoms with E-state index in [1.54, 1.807) is 24.5 Å². The number of amides is 1. The van der Waals surface area contributed by atoms with Gasteiger partial charge in [0, 0.05) is 11.4 Å². The average Bonchev–Trinajstić information content (AvgIpc) is 3.48. The monoisotopic (exact) mass is 432 g/mol. The highest BCUT2D eigenvalue weighted by Crippen LogP contribution is 2.33. The smallest absolute Gasteiger partial charge is 0.281 e. The quantitative estimate of drug-likeness (QED) is 0.459. The first-order chi connectivity index (χ1) is 15.2. The van der Waals surface area contributed by atoms with Gasteiger partial charge in [0.25, 0.3) is 5.91 Å². The average molecular weight is 433 g/mol. The van der Waals surface area contributed by atoms with Gasteiger partial charge in [0.15, 0.2) is 6.61 Å². The van der Waals surface area contributed by atoms with E-state index in [1.165, 1.54) is 11.3 Å². The summed E-state index contributed by atoms with van der Waals surface area (Å²) in [4.78, 5) is 21.5. The van der Waals surface area contributed by atoms with Crippen molar-refractivity contribution in [2.45, 2.75) is 12.5 Å². The number of rotatable bonds is 5. The molecular weight excluding hydrogens is 416 g/mol. The molecule has 1 aliphatic rings. The summed E-state index contributed by atoms with van der Waals surface area (Å²) < 4.78 is 11.3. The number of carbonyl (C=O) groups excluding carboxylic acids is 1. The summed E-state index contributed by atoms with van der Waals surface area (Å²) in [6.07, 6.45) is 3.53. The van der Waals surface area contributed by atoms with Gasteiger partial charge in [0.2, 0.25) is 5.88 Å². The van der Waals surface area contributed by atoms with Gasteiger partial charge in [-0.2, -0.15) is 5.10 Å². The molecule has 2 aromatic heterocycles. The molecule has 1 atom stereocenters. The van der Waals surface area contributed by atoms with E-state index in [9.17, 15) is 4.79 Å². The molecule has 0 fully saturated rings. The van der Waals surface area contributed by atoms with E-state index in [4.69, 9.17) is 20.8 Å². The normalized spacial score (nSPS) is 15.8. The molecule has 31 heavy (non-hydrogen) atoms. The van der Waals surface area contributed by atoms with Gasteiger partial charge >= 0.3 is 0 Å². The number of halogens is 1. The van der Waals surface area contributed by atoms with Gasteiger partial charge in [-0.25, -0.2) is 15.0 Å². The van der Waals surface area contributed by atoms with Crippen LogP contribution in [0, 0.1) is 0 Å². The Morgan fingerprint density at radius 3 is 2.74 bits per heavy atom. The first-order valence-electron chi connectivity index (χ1n) is 9.70. The van der Waals surface area contributed by atoms with E-state index >= 15 is 0 Å². The van der Waals surface area contributed by atoms with Gasteiger partial charge < -0.3 is 9.15 Å². The number of furan rings is 1. The Morgan fingerprint density at radius 2 is 1.94 bits per heavy atom. The fourth-order valence-corrected chi connectivity index (χ4v) is 3.68. The van der Waals surface area contributed by atoms with Gasteiger partial charge in [-0.05, 0) is 42.0 Å². The van der Waals surface area contributed by atoms with E-state index in [2.05, 4.69) is 15.1 Å². The van der Waals surface area contributed by atoms with E-state index in [1.807, 2.05) is 42.5 Å². The minimum absolute atomic E-state index is 0.213. The number of carbonyl (C=O) groups is 1. The summed E-state index contributed by atoms with van der Waals surface area (Å²) >= 11 is 6.00. The number of hydrazone groups is 1. The van der Waals surface area contributed by atoms with Gasteiger partial charge in [-0.1, -0.05) is 35.9 Å². The topological polar surface area (TPSA) is 80.8 Å². The van der Waals surface area contributed by atoms with Crippen LogP contribution in [0.4, 0.5) is 0 Å². The fourth-order valence-electron chi connectivity index (χ4n) is 3.55. The molecule has 0 saturated carbocycles. The molecule has 7 nitrogen and oxygen atoms in total. The highest BCUT2D eigenvalue weighted by Gasteiger charge is 2.35. The predicted molar refractivity (Wildman–Crippen MR) is 116 cm³/mol. The second kappa shape index (κ2) is 8.20. The number of hydrogen-bond acceptors (Lipinski definition) is 6. The Balaban J connectivity index is 1.39. The summed E-state index contributed by atoms with van der Waals surface area (Å²) in [5.74, 6) is 0.719. The summed E-state index contributed by atoms with van der Waals surface area (Å²) in [6.45, 7) is -0.213. The third-order valence-corrected chi connectivity index (χ3v) is 5.31. The highest BCUT2D eigenvalue weighted by molar-refractivity contribution is 6.30. The van der Waals surface area contributed by atoms with Crippen LogP contribution in [0.3, 0.4) is 0 Å². The first kappa shape index (κ1) is 19.3. The Labute approximate surface area is 182 Å². The molecule has 0 bridgehead atoms. The van der Waals surface area contributed by atoms with Crippen molar-refractivity contribution in [2.24, 2.45) is 5.10 Å². The van der Waals surface area contributed by atoms with Crippen molar-refractivity contribution >= 4 is 34.1 Å². The van der Waals surface area contributed by atoms with Crippen molar-refractivity contribution in [1.29, 1.82) is 0 Å². The number of para-hydroxylation sites is 1. The molecule has 154 valence electrons. The molecule has 1 aliphatic heterocycles. The lowest BCUT2D eigenvalue weighted by Crippen LogP contribution is -2.31. The van der Waals surface area contributed by atoms with E-state index < -0.39 is 0 Å². The minimum Gasteiger partial charge on any atom is -0.467 e. The van der Waals surface area contributed by atoms with Gasteiger partial charge in [0.05, 0.1) is 22.9 Å². The lowest BCUT2D eigenvalue weighted by atomic mass is 10.0. The molecule has 5 rings (SSSR count). The van der Waals surface area contributed by atoms with Crippen molar-refractivity contribution in [3.8, 4) is 5.88 Å². The van der Waals surface area contributed by atoms with Gasteiger partial charge in [-0.15, -0.1) is 0 Å². The van der Waals surface area contributed by atoms with Crippen molar-refractivity contribution < 1.29 is 13.9 Å². The third-order valence-electron chi connectivity index (χ3n) is 5.05. The number of ether oxygens (including phenoxy) is 1. The SMILES string of the molecule is O=C(COc1ncnc2ccccc12)N1N=C(c2ccc(Cl)cc2)CC1c1ccco1. The van der Waals surface area contributed by atoms with Crippen LogP contribution in [-0.2, 0) is 4.79 Å². The molecule has 0 N–H and O–H groups in total. The van der Waals surface area contributed by atoms with E-state index in [0.29, 0.717) is 23.1 Å². The molecule has 1 amide bonds. The molecule has 0 spiro atoms. The number of aromatic nitrogens is 2. The lowest BCUT2D eigenvalue weighted by Gasteiger charge is -2.20. The Bertz CT molecular complexity index is 1250. The number of nitrogens with zero attached hydrogens (tertiary/aromatic N) is 4. The standard InChI is InChI=1S/C23H17ClN4O3/c24-16-9-7-15(8-10-16)19-12-20(21-6-3-11-30-21)28(27-19)22(29)13-31-23-17-4-1-2-5-18(17)25-14-26-23/h1-11,14,20H,12-13H2. The number of hydrogen-bond donors (Lipinski definition) is 0. The van der Waals surface area contributed by atoms with Gasteiger partial charge in [-0.3, -0.25) is 4.79 Å². The Morgan fingerprint density at radius 1 is 1.10 bits per heavy atom. The highest BCUT2D eigenvalue weighted by atomic mass is 35.5. The first-order valence-corrected chi connectivity index (χ1v) is 10.1. The maximum Gasteiger partial charge on any atom is 0.281 e. The molecule has 1 unspecified atom stereocenters. The zero-order valence-corrected chi connectivity index (χ0v) is 17.1. The maximum atomic E-state index is 13.1. The van der Waals surface area contributed by atoms with Crippen LogP contribution in [0.2, 0.25) is 5.02 Å². The van der Waals surface area contributed by atoms with Crippen molar-refractivity contribution in [1.82, 2.24) is 15.0 Å². The van der Waals surface area contributed by atoms with Crippen LogP contribution in [0.1, 0.15) is 23.8 Å². The van der Waals surface area contributed by atoms with E-state index in [-0.39, 0.29) is 18.6 Å². The summed E-state index contributed by atoms with van der Waals surface area (Å²) in [5, 5.41) is 7.39. The number of benzene rings is 2. The summed E-state index contributed by atoms with van der Waals surface area (Å²) in [7, 11) is 0. The second-order valence-corrected chi connectivity index (χ2v) is 7.45. The molecule has 4 aromatic rings. The van der Waals surface area contributed by atoms with E-state index in [0.717, 1.165) is 22.2 Å². The van der Waals surface area contributed by atoms with Crippen LogP contribution in [0.25, 0.3) is 10.9 Å². The molecule has 0 radical (unpaired) electrons.